The quantitative estimate of drug-likeness (QED) is 0.536. The molecule has 2 aromatic rings. The average molecular weight is 378 g/mol. The van der Waals surface area contributed by atoms with Gasteiger partial charge in [-0.25, -0.2) is 9.18 Å². The molecule has 3 nitrogen and oxygen atoms in total. The topological polar surface area (TPSA) is 35.5 Å². The summed E-state index contributed by atoms with van der Waals surface area (Å²) in [6.45, 7) is 3.25. The van der Waals surface area contributed by atoms with Crippen LogP contribution in [0.15, 0.2) is 48.5 Å². The molecule has 2 aromatic carbocycles. The van der Waals surface area contributed by atoms with Gasteiger partial charge in [0.15, 0.2) is 0 Å². The van der Waals surface area contributed by atoms with Crippen LogP contribution in [0.1, 0.15) is 24.0 Å². The van der Waals surface area contributed by atoms with Gasteiger partial charge < -0.3 is 9.47 Å². The Morgan fingerprint density at radius 1 is 1.00 bits per heavy atom. The summed E-state index contributed by atoms with van der Waals surface area (Å²) in [5, 5.41) is 0. The van der Waals surface area contributed by atoms with Crippen LogP contribution in [-0.4, -0.2) is 23.1 Å². The van der Waals surface area contributed by atoms with E-state index in [2.05, 4.69) is 0 Å². The highest BCUT2D eigenvalue weighted by molar-refractivity contribution is 8.19. The van der Waals surface area contributed by atoms with Crippen molar-refractivity contribution in [3.05, 3.63) is 59.9 Å². The Morgan fingerprint density at radius 3 is 2.16 bits per heavy atom. The maximum absolute atomic E-state index is 13.0. The van der Waals surface area contributed by atoms with Crippen molar-refractivity contribution in [2.75, 3.05) is 11.5 Å². The van der Waals surface area contributed by atoms with Crippen LogP contribution in [0.2, 0.25) is 0 Å². The molecule has 0 aromatic heterocycles. The second-order valence-corrected chi connectivity index (χ2v) is 8.82. The van der Waals surface area contributed by atoms with Gasteiger partial charge in [0, 0.05) is 11.5 Å². The molecule has 1 saturated heterocycles. The van der Waals surface area contributed by atoms with E-state index in [1.807, 2.05) is 35.7 Å². The number of halogens is 1. The molecular formula is C19H19FO3S2. The van der Waals surface area contributed by atoms with Crippen LogP contribution >= 0.6 is 23.5 Å². The van der Waals surface area contributed by atoms with Gasteiger partial charge in [-0.2, -0.15) is 0 Å². The molecule has 0 spiro atoms. The molecule has 0 aliphatic carbocycles. The van der Waals surface area contributed by atoms with E-state index in [0.717, 1.165) is 0 Å². The molecular weight excluding hydrogens is 359 g/mol. The van der Waals surface area contributed by atoms with Crippen molar-refractivity contribution < 1.29 is 18.7 Å². The van der Waals surface area contributed by atoms with Crippen molar-refractivity contribution in [2.45, 2.75) is 24.0 Å². The van der Waals surface area contributed by atoms with E-state index in [4.69, 9.17) is 9.47 Å². The van der Waals surface area contributed by atoms with E-state index in [1.165, 1.54) is 41.3 Å². The monoisotopic (exact) mass is 378 g/mol. The van der Waals surface area contributed by atoms with Crippen LogP contribution < -0.4 is 9.47 Å². The Kier molecular flexibility index (Phi) is 5.59. The Hall–Kier alpha value is -1.66. The van der Waals surface area contributed by atoms with Gasteiger partial charge in [-0.05, 0) is 55.8 Å². The maximum Gasteiger partial charge on any atom is 0.355 e. The first-order valence-corrected chi connectivity index (χ1v) is 10.0. The van der Waals surface area contributed by atoms with E-state index in [-0.39, 0.29) is 5.82 Å². The second kappa shape index (κ2) is 7.70. The van der Waals surface area contributed by atoms with Crippen molar-refractivity contribution in [3.8, 4) is 11.5 Å². The maximum atomic E-state index is 13.0. The van der Waals surface area contributed by atoms with Gasteiger partial charge >= 0.3 is 5.97 Å². The van der Waals surface area contributed by atoms with Gasteiger partial charge in [0.2, 0.25) is 5.60 Å². The summed E-state index contributed by atoms with van der Waals surface area (Å²) < 4.78 is 24.5. The molecule has 0 saturated carbocycles. The third-order valence-corrected chi connectivity index (χ3v) is 6.77. The average Bonchev–Trinajstić information content (AvgIpc) is 3.12. The molecule has 1 aliphatic heterocycles. The van der Waals surface area contributed by atoms with Crippen LogP contribution in [0.3, 0.4) is 0 Å². The Bertz CT molecular complexity index is 723. The minimum atomic E-state index is -1.19. The number of thioether (sulfide) groups is 2. The van der Waals surface area contributed by atoms with E-state index in [1.54, 1.807) is 26.0 Å². The van der Waals surface area contributed by atoms with Crippen LogP contribution in [0.25, 0.3) is 0 Å². The summed E-state index contributed by atoms with van der Waals surface area (Å²) in [4.78, 5) is 12.4. The van der Waals surface area contributed by atoms with E-state index >= 15 is 0 Å². The molecule has 3 rings (SSSR count). The predicted molar refractivity (Wildman–Crippen MR) is 101 cm³/mol. The van der Waals surface area contributed by atoms with Crippen LogP contribution in [-0.2, 0) is 4.79 Å². The Balaban J connectivity index is 1.62. The third kappa shape index (κ3) is 4.70. The fourth-order valence-electron chi connectivity index (χ4n) is 2.31. The number of ether oxygens (including phenoxy) is 2. The smallest absolute Gasteiger partial charge is 0.355 e. The molecule has 0 unspecified atom stereocenters. The van der Waals surface area contributed by atoms with E-state index in [0.29, 0.717) is 16.1 Å². The lowest BCUT2D eigenvalue weighted by Crippen LogP contribution is -2.41. The zero-order chi connectivity index (χ0) is 17.9. The number of carbonyl (C=O) groups excluding carboxylic acids is 1. The van der Waals surface area contributed by atoms with Gasteiger partial charge in [-0.1, -0.05) is 12.1 Å². The van der Waals surface area contributed by atoms with E-state index in [9.17, 15) is 9.18 Å². The first kappa shape index (κ1) is 18.1. The molecule has 1 aliphatic rings. The fourth-order valence-corrected chi connectivity index (χ4v) is 5.17. The summed E-state index contributed by atoms with van der Waals surface area (Å²) >= 11 is 3.86. The number of benzene rings is 2. The molecule has 6 heteroatoms. The lowest BCUT2D eigenvalue weighted by atomic mass is 10.1. The van der Waals surface area contributed by atoms with Gasteiger partial charge in [0.25, 0.3) is 0 Å². The molecule has 0 atom stereocenters. The summed E-state index contributed by atoms with van der Waals surface area (Å²) in [7, 11) is 0. The molecule has 0 N–H and O–H groups in total. The normalized spacial score (nSPS) is 15.2. The summed E-state index contributed by atoms with van der Waals surface area (Å²) in [6.07, 6.45) is 0. The first-order chi connectivity index (χ1) is 11.9. The van der Waals surface area contributed by atoms with Crippen molar-refractivity contribution in [1.29, 1.82) is 0 Å². The second-order valence-electron chi connectivity index (χ2n) is 6.10. The van der Waals surface area contributed by atoms with Crippen molar-refractivity contribution in [1.82, 2.24) is 0 Å². The van der Waals surface area contributed by atoms with Crippen molar-refractivity contribution in [3.63, 3.8) is 0 Å². The minimum Gasteiger partial charge on any atom is -0.476 e. The van der Waals surface area contributed by atoms with Gasteiger partial charge in [0.05, 0.1) is 4.58 Å². The summed E-state index contributed by atoms with van der Waals surface area (Å²) in [5.74, 6) is 2.37. The lowest BCUT2D eigenvalue weighted by Gasteiger charge is -2.24. The predicted octanol–water partition coefficient (Wildman–Crippen LogP) is 5.07. The van der Waals surface area contributed by atoms with Crippen molar-refractivity contribution >= 4 is 29.5 Å². The van der Waals surface area contributed by atoms with Crippen LogP contribution in [0, 0.1) is 5.82 Å². The molecule has 25 heavy (non-hydrogen) atoms. The number of rotatable bonds is 5. The molecule has 1 heterocycles. The van der Waals surface area contributed by atoms with Crippen molar-refractivity contribution in [2.24, 2.45) is 0 Å². The molecule has 0 amide bonds. The number of hydrogen-bond donors (Lipinski definition) is 0. The van der Waals surface area contributed by atoms with E-state index < -0.39 is 11.6 Å². The fraction of sp³-hybridized carbons (Fsp3) is 0.316. The van der Waals surface area contributed by atoms with Gasteiger partial charge in [-0.15, -0.1) is 23.5 Å². The SMILES string of the molecule is CC(C)(Oc1ccc(F)cc1)C(=O)Oc1ccc(C2SCCS2)cc1. The Morgan fingerprint density at radius 2 is 1.56 bits per heavy atom. The largest absolute Gasteiger partial charge is 0.476 e. The number of carbonyl (C=O) groups is 1. The van der Waals surface area contributed by atoms with Gasteiger partial charge in [0.1, 0.15) is 17.3 Å². The van der Waals surface area contributed by atoms with Crippen LogP contribution in [0.5, 0.6) is 11.5 Å². The highest BCUT2D eigenvalue weighted by Crippen LogP contribution is 2.45. The summed E-state index contributed by atoms with van der Waals surface area (Å²) in [6, 6.07) is 13.1. The zero-order valence-corrected chi connectivity index (χ0v) is 15.7. The van der Waals surface area contributed by atoms with Gasteiger partial charge in [-0.3, -0.25) is 0 Å². The summed E-state index contributed by atoms with van der Waals surface area (Å²) in [5.41, 5.74) is 0.0438. The minimum absolute atomic E-state index is 0.355. The Labute approximate surface area is 155 Å². The molecule has 0 radical (unpaired) electrons. The third-order valence-electron chi connectivity index (χ3n) is 3.66. The molecule has 132 valence electrons. The highest BCUT2D eigenvalue weighted by Gasteiger charge is 2.32. The molecule has 0 bridgehead atoms. The van der Waals surface area contributed by atoms with Crippen LogP contribution in [0.4, 0.5) is 4.39 Å². The first-order valence-electron chi connectivity index (χ1n) is 7.94. The standard InChI is InChI=1S/C19H19FO3S2/c1-19(2,23-16-9-5-14(20)6-10-16)18(21)22-15-7-3-13(4-8-15)17-24-11-12-25-17/h3-10,17H,11-12H2,1-2H3. The zero-order valence-electron chi connectivity index (χ0n) is 14.0. The molecule has 1 fully saturated rings. The lowest BCUT2D eigenvalue weighted by molar-refractivity contribution is -0.149. The number of esters is 1. The number of hydrogen-bond acceptors (Lipinski definition) is 5. The highest BCUT2D eigenvalue weighted by atomic mass is 32.2.